The molecule has 1 aromatic carbocycles. The van der Waals surface area contributed by atoms with Crippen molar-refractivity contribution in [3.8, 4) is 5.75 Å². The van der Waals surface area contributed by atoms with Gasteiger partial charge in [-0.15, -0.1) is 0 Å². The van der Waals surface area contributed by atoms with Gasteiger partial charge in [0.05, 0.1) is 6.61 Å². The molecular formula is C18H26O3. The Kier molecular flexibility index (Phi) is 9.01. The van der Waals surface area contributed by atoms with Gasteiger partial charge in [-0.3, -0.25) is 0 Å². The van der Waals surface area contributed by atoms with Gasteiger partial charge in [-0.1, -0.05) is 63.6 Å². The Hall–Kier alpha value is -1.77. The summed E-state index contributed by atoms with van der Waals surface area (Å²) in [5, 5.41) is 8.67. The van der Waals surface area contributed by atoms with E-state index in [2.05, 4.69) is 6.92 Å². The Labute approximate surface area is 127 Å². The molecule has 0 aromatic heterocycles. The molecule has 0 aliphatic rings. The van der Waals surface area contributed by atoms with Crippen LogP contribution in [0.3, 0.4) is 0 Å². The first-order chi connectivity index (χ1) is 10.2. The first-order valence-corrected chi connectivity index (χ1v) is 7.87. The van der Waals surface area contributed by atoms with Gasteiger partial charge in [-0.2, -0.15) is 0 Å². The van der Waals surface area contributed by atoms with Gasteiger partial charge >= 0.3 is 5.97 Å². The van der Waals surface area contributed by atoms with Crippen LogP contribution in [0.25, 0.3) is 6.08 Å². The van der Waals surface area contributed by atoms with Crippen molar-refractivity contribution in [1.82, 2.24) is 0 Å². The summed E-state index contributed by atoms with van der Waals surface area (Å²) in [6, 6.07) is 7.52. The number of hydrogen-bond donors (Lipinski definition) is 1. The maximum atomic E-state index is 10.6. The third-order valence-electron chi connectivity index (χ3n) is 3.33. The zero-order valence-corrected chi connectivity index (χ0v) is 12.9. The minimum absolute atomic E-state index is 0.686. The topological polar surface area (TPSA) is 46.5 Å². The van der Waals surface area contributed by atoms with E-state index in [4.69, 9.17) is 9.84 Å². The number of unbranched alkanes of at least 4 members (excludes halogenated alkanes) is 6. The van der Waals surface area contributed by atoms with E-state index in [1.165, 1.54) is 38.5 Å². The molecule has 0 unspecified atom stereocenters. The van der Waals surface area contributed by atoms with Crippen LogP contribution in [0.15, 0.2) is 30.3 Å². The Morgan fingerprint density at radius 2 is 1.76 bits per heavy atom. The molecule has 3 nitrogen and oxygen atoms in total. The van der Waals surface area contributed by atoms with Crippen LogP contribution in [0.5, 0.6) is 5.75 Å². The Morgan fingerprint density at radius 1 is 1.10 bits per heavy atom. The highest BCUT2D eigenvalue weighted by molar-refractivity contribution is 5.85. The van der Waals surface area contributed by atoms with Crippen molar-refractivity contribution in [3.05, 3.63) is 35.9 Å². The minimum atomic E-state index is -0.947. The largest absolute Gasteiger partial charge is 0.493 e. The van der Waals surface area contributed by atoms with E-state index in [1.807, 2.05) is 24.3 Å². The smallest absolute Gasteiger partial charge is 0.328 e. The molecule has 0 heterocycles. The van der Waals surface area contributed by atoms with E-state index in [-0.39, 0.29) is 0 Å². The number of carboxylic acid groups (broad SMARTS) is 1. The summed E-state index contributed by atoms with van der Waals surface area (Å²) in [5.41, 5.74) is 0.808. The fourth-order valence-electron chi connectivity index (χ4n) is 2.15. The molecule has 116 valence electrons. The average molecular weight is 290 g/mol. The molecule has 3 heteroatoms. The lowest BCUT2D eigenvalue weighted by atomic mass is 10.1. The molecule has 1 N–H and O–H groups in total. The summed E-state index contributed by atoms with van der Waals surface area (Å²) >= 11 is 0. The monoisotopic (exact) mass is 290 g/mol. The van der Waals surface area contributed by atoms with Crippen molar-refractivity contribution in [3.63, 3.8) is 0 Å². The highest BCUT2D eigenvalue weighted by Gasteiger charge is 2.00. The molecular weight excluding hydrogens is 264 g/mol. The van der Waals surface area contributed by atoms with Gasteiger partial charge in [0.25, 0.3) is 0 Å². The standard InChI is InChI=1S/C18H26O3/c1-2-3-4-5-6-7-10-15-21-17-12-9-8-11-16(17)13-14-18(19)20/h8-9,11-14H,2-7,10,15H2,1H3,(H,19,20)/b14-13+. The molecule has 0 aliphatic heterocycles. The van der Waals surface area contributed by atoms with Gasteiger partial charge in [0.1, 0.15) is 5.75 Å². The third-order valence-corrected chi connectivity index (χ3v) is 3.33. The molecule has 0 saturated heterocycles. The van der Waals surface area contributed by atoms with Crippen LogP contribution >= 0.6 is 0 Å². The molecule has 0 bridgehead atoms. The fraction of sp³-hybridized carbons (Fsp3) is 0.500. The summed E-state index contributed by atoms with van der Waals surface area (Å²) in [6.07, 6.45) is 11.5. The van der Waals surface area contributed by atoms with Gasteiger partial charge < -0.3 is 9.84 Å². The van der Waals surface area contributed by atoms with Gasteiger partial charge in [-0.05, 0) is 18.6 Å². The van der Waals surface area contributed by atoms with Crippen molar-refractivity contribution in [2.24, 2.45) is 0 Å². The SMILES string of the molecule is CCCCCCCCCOc1ccccc1/C=C/C(=O)O. The highest BCUT2D eigenvalue weighted by atomic mass is 16.5. The normalized spacial score (nSPS) is 10.9. The first-order valence-electron chi connectivity index (χ1n) is 7.87. The quantitative estimate of drug-likeness (QED) is 0.465. The van der Waals surface area contributed by atoms with Crippen molar-refractivity contribution in [1.29, 1.82) is 0 Å². The highest BCUT2D eigenvalue weighted by Crippen LogP contribution is 2.20. The van der Waals surface area contributed by atoms with E-state index in [0.717, 1.165) is 23.8 Å². The zero-order valence-electron chi connectivity index (χ0n) is 12.9. The number of para-hydroxylation sites is 1. The number of rotatable bonds is 11. The van der Waals surface area contributed by atoms with Crippen LogP contribution in [0, 0.1) is 0 Å². The molecule has 0 aliphatic carbocycles. The van der Waals surface area contributed by atoms with E-state index >= 15 is 0 Å². The summed E-state index contributed by atoms with van der Waals surface area (Å²) in [4.78, 5) is 10.6. The number of carboxylic acids is 1. The molecule has 0 amide bonds. The Bertz CT molecular complexity index is 438. The van der Waals surface area contributed by atoms with E-state index in [0.29, 0.717) is 6.61 Å². The summed E-state index contributed by atoms with van der Waals surface area (Å²) in [6.45, 7) is 2.91. The molecule has 1 aromatic rings. The number of benzene rings is 1. The van der Waals surface area contributed by atoms with E-state index < -0.39 is 5.97 Å². The predicted molar refractivity (Wildman–Crippen MR) is 86.6 cm³/mol. The number of aliphatic carboxylic acids is 1. The van der Waals surface area contributed by atoms with Crippen LogP contribution in [0.4, 0.5) is 0 Å². The van der Waals surface area contributed by atoms with E-state index in [9.17, 15) is 4.79 Å². The van der Waals surface area contributed by atoms with Crippen molar-refractivity contribution in [2.75, 3.05) is 6.61 Å². The lowest BCUT2D eigenvalue weighted by Crippen LogP contribution is -1.99. The number of carbonyl (C=O) groups is 1. The van der Waals surface area contributed by atoms with Gasteiger partial charge in [0.15, 0.2) is 0 Å². The van der Waals surface area contributed by atoms with Crippen molar-refractivity contribution >= 4 is 12.0 Å². The lowest BCUT2D eigenvalue weighted by Gasteiger charge is -2.09. The van der Waals surface area contributed by atoms with Crippen LogP contribution in [0.2, 0.25) is 0 Å². The minimum Gasteiger partial charge on any atom is -0.493 e. The van der Waals surface area contributed by atoms with Crippen LogP contribution in [-0.2, 0) is 4.79 Å². The number of ether oxygens (including phenoxy) is 1. The summed E-state index contributed by atoms with van der Waals surface area (Å²) in [5.74, 6) is -0.196. The summed E-state index contributed by atoms with van der Waals surface area (Å²) < 4.78 is 5.75. The fourth-order valence-corrected chi connectivity index (χ4v) is 2.15. The predicted octanol–water partition coefficient (Wildman–Crippen LogP) is 4.91. The lowest BCUT2D eigenvalue weighted by molar-refractivity contribution is -0.131. The molecule has 0 fully saturated rings. The second-order valence-corrected chi connectivity index (χ2v) is 5.18. The molecule has 0 atom stereocenters. The zero-order chi connectivity index (χ0) is 15.3. The maximum absolute atomic E-state index is 10.6. The molecule has 21 heavy (non-hydrogen) atoms. The molecule has 1 rings (SSSR count). The first kappa shape index (κ1) is 17.3. The van der Waals surface area contributed by atoms with E-state index in [1.54, 1.807) is 6.08 Å². The van der Waals surface area contributed by atoms with Crippen LogP contribution in [0.1, 0.15) is 57.4 Å². The van der Waals surface area contributed by atoms with Crippen LogP contribution < -0.4 is 4.74 Å². The van der Waals surface area contributed by atoms with Crippen molar-refractivity contribution in [2.45, 2.75) is 51.9 Å². The van der Waals surface area contributed by atoms with Gasteiger partial charge in [0, 0.05) is 11.6 Å². The van der Waals surface area contributed by atoms with Gasteiger partial charge in [-0.25, -0.2) is 4.79 Å². The molecule has 0 spiro atoms. The molecule has 0 saturated carbocycles. The Balaban J connectivity index is 2.27. The maximum Gasteiger partial charge on any atom is 0.328 e. The van der Waals surface area contributed by atoms with Crippen molar-refractivity contribution < 1.29 is 14.6 Å². The average Bonchev–Trinajstić information content (AvgIpc) is 2.48. The number of hydrogen-bond acceptors (Lipinski definition) is 2. The molecule has 0 radical (unpaired) electrons. The van der Waals surface area contributed by atoms with Gasteiger partial charge in [0.2, 0.25) is 0 Å². The second kappa shape index (κ2) is 11.0. The van der Waals surface area contributed by atoms with Crippen LogP contribution in [-0.4, -0.2) is 17.7 Å². The Morgan fingerprint density at radius 3 is 2.48 bits per heavy atom. The second-order valence-electron chi connectivity index (χ2n) is 5.18. The third kappa shape index (κ3) is 8.18. The summed E-state index contributed by atoms with van der Waals surface area (Å²) in [7, 11) is 0.